The van der Waals surface area contributed by atoms with Crippen LogP contribution in [0.4, 0.5) is 5.69 Å². The lowest BCUT2D eigenvalue weighted by molar-refractivity contribution is 0.0619. The van der Waals surface area contributed by atoms with Gasteiger partial charge in [-0.1, -0.05) is 11.6 Å². The van der Waals surface area contributed by atoms with E-state index in [0.29, 0.717) is 22.3 Å². The van der Waals surface area contributed by atoms with Crippen LogP contribution in [0.15, 0.2) is 6.07 Å². The van der Waals surface area contributed by atoms with Gasteiger partial charge in [0.25, 0.3) is 5.91 Å². The van der Waals surface area contributed by atoms with E-state index >= 15 is 0 Å². The molecule has 136 valence electrons. The van der Waals surface area contributed by atoms with Gasteiger partial charge in [-0.2, -0.15) is 0 Å². The summed E-state index contributed by atoms with van der Waals surface area (Å²) in [5, 5.41) is 7.26. The fraction of sp³-hybridized carbons (Fsp3) is 0.632. The summed E-state index contributed by atoms with van der Waals surface area (Å²) in [6.07, 6.45) is 3.13. The molecule has 3 fully saturated rings. The minimum absolute atomic E-state index is 0.0787. The second-order valence-electron chi connectivity index (χ2n) is 8.20. The number of amides is 1. The summed E-state index contributed by atoms with van der Waals surface area (Å²) < 4.78 is 5.64. The summed E-state index contributed by atoms with van der Waals surface area (Å²) in [6, 6.07) is 1.96. The van der Waals surface area contributed by atoms with Crippen molar-refractivity contribution in [1.29, 1.82) is 0 Å². The molecule has 0 saturated carbocycles. The zero-order chi connectivity index (χ0) is 17.8. The van der Waals surface area contributed by atoms with Crippen molar-refractivity contribution >= 4 is 23.2 Å². The fourth-order valence-corrected chi connectivity index (χ4v) is 4.86. The SMILES string of the molecule is COc1c(C(=O)NC2CN3CCC2CC3)cc(Cl)c2c1CC(C)(C)N2. The van der Waals surface area contributed by atoms with Crippen molar-refractivity contribution in [2.75, 3.05) is 32.1 Å². The maximum atomic E-state index is 13.0. The van der Waals surface area contributed by atoms with Crippen molar-refractivity contribution in [3.63, 3.8) is 0 Å². The van der Waals surface area contributed by atoms with Crippen molar-refractivity contribution in [1.82, 2.24) is 10.2 Å². The summed E-state index contributed by atoms with van der Waals surface area (Å²) in [5.74, 6) is 1.16. The number of nitrogens with zero attached hydrogens (tertiary/aromatic N) is 1. The molecule has 0 aliphatic carbocycles. The van der Waals surface area contributed by atoms with Gasteiger partial charge in [0.2, 0.25) is 0 Å². The maximum absolute atomic E-state index is 13.0. The minimum Gasteiger partial charge on any atom is -0.496 e. The number of rotatable bonds is 3. The van der Waals surface area contributed by atoms with E-state index in [2.05, 4.69) is 29.4 Å². The van der Waals surface area contributed by atoms with Gasteiger partial charge in [0.15, 0.2) is 0 Å². The number of benzene rings is 1. The van der Waals surface area contributed by atoms with Gasteiger partial charge in [0.05, 0.1) is 23.4 Å². The van der Waals surface area contributed by atoms with E-state index in [1.54, 1.807) is 13.2 Å². The van der Waals surface area contributed by atoms with E-state index in [1.807, 2.05) is 0 Å². The zero-order valence-corrected chi connectivity index (χ0v) is 15.9. The molecule has 1 aromatic carbocycles. The highest BCUT2D eigenvalue weighted by Crippen LogP contribution is 2.44. The Hall–Kier alpha value is -1.46. The molecule has 0 spiro atoms. The zero-order valence-electron chi connectivity index (χ0n) is 15.1. The predicted molar refractivity (Wildman–Crippen MR) is 99.8 cm³/mol. The lowest BCUT2D eigenvalue weighted by Crippen LogP contribution is -2.57. The lowest BCUT2D eigenvalue weighted by Gasteiger charge is -2.45. The first-order valence-electron chi connectivity index (χ1n) is 9.09. The molecule has 2 N–H and O–H groups in total. The third kappa shape index (κ3) is 2.97. The molecule has 1 amide bonds. The van der Waals surface area contributed by atoms with Crippen LogP contribution in [-0.4, -0.2) is 49.1 Å². The number of halogens is 1. The first-order valence-corrected chi connectivity index (χ1v) is 9.46. The summed E-state index contributed by atoms with van der Waals surface area (Å²) >= 11 is 6.47. The number of hydrogen-bond acceptors (Lipinski definition) is 4. The number of ether oxygens (including phenoxy) is 1. The molecule has 25 heavy (non-hydrogen) atoms. The van der Waals surface area contributed by atoms with Crippen LogP contribution >= 0.6 is 11.6 Å². The van der Waals surface area contributed by atoms with E-state index in [1.165, 1.54) is 12.8 Å². The van der Waals surface area contributed by atoms with Crippen LogP contribution in [0.1, 0.15) is 42.6 Å². The summed E-state index contributed by atoms with van der Waals surface area (Å²) in [5.41, 5.74) is 2.34. The highest BCUT2D eigenvalue weighted by molar-refractivity contribution is 6.34. The molecular weight excluding hydrogens is 338 g/mol. The number of hydrogen-bond donors (Lipinski definition) is 2. The molecule has 4 aliphatic rings. The molecule has 5 rings (SSSR count). The van der Waals surface area contributed by atoms with Gasteiger partial charge in [-0.25, -0.2) is 0 Å². The molecule has 1 unspecified atom stereocenters. The van der Waals surface area contributed by atoms with Gasteiger partial charge >= 0.3 is 0 Å². The number of anilines is 1. The molecule has 1 atom stereocenters. The first-order chi connectivity index (χ1) is 11.9. The van der Waals surface area contributed by atoms with Crippen LogP contribution in [0.5, 0.6) is 5.75 Å². The molecule has 0 radical (unpaired) electrons. The van der Waals surface area contributed by atoms with Gasteiger partial charge in [-0.3, -0.25) is 4.79 Å². The minimum atomic E-state index is -0.0931. The van der Waals surface area contributed by atoms with E-state index in [4.69, 9.17) is 16.3 Å². The van der Waals surface area contributed by atoms with Gasteiger partial charge in [-0.15, -0.1) is 0 Å². The van der Waals surface area contributed by atoms with E-state index < -0.39 is 0 Å². The third-order valence-corrected chi connectivity index (χ3v) is 6.13. The average Bonchev–Trinajstić information content (AvgIpc) is 2.91. The Kier molecular flexibility index (Phi) is 4.12. The monoisotopic (exact) mass is 363 g/mol. The summed E-state index contributed by atoms with van der Waals surface area (Å²) in [4.78, 5) is 15.4. The van der Waals surface area contributed by atoms with Crippen LogP contribution in [0.2, 0.25) is 5.02 Å². The Balaban J connectivity index is 1.62. The van der Waals surface area contributed by atoms with Gasteiger partial charge in [0, 0.05) is 30.1 Å². The maximum Gasteiger partial charge on any atom is 0.255 e. The van der Waals surface area contributed by atoms with E-state index in [0.717, 1.165) is 37.3 Å². The molecule has 0 aromatic heterocycles. The number of nitrogens with one attached hydrogen (secondary N) is 2. The third-order valence-electron chi connectivity index (χ3n) is 5.83. The number of piperidine rings is 3. The Bertz CT molecular complexity index is 711. The van der Waals surface area contributed by atoms with Crippen molar-refractivity contribution in [3.05, 3.63) is 22.2 Å². The van der Waals surface area contributed by atoms with Crippen LogP contribution in [0, 0.1) is 5.92 Å². The Morgan fingerprint density at radius 2 is 2.12 bits per heavy atom. The molecule has 4 heterocycles. The van der Waals surface area contributed by atoms with Gasteiger partial charge in [-0.05, 0) is 51.8 Å². The summed E-state index contributed by atoms with van der Waals surface area (Å²) in [6.45, 7) is 7.51. The van der Waals surface area contributed by atoms with Crippen LogP contribution in [0.3, 0.4) is 0 Å². The predicted octanol–water partition coefficient (Wildman–Crippen LogP) is 2.92. The second-order valence-corrected chi connectivity index (χ2v) is 8.60. The van der Waals surface area contributed by atoms with E-state index in [9.17, 15) is 4.79 Å². The molecule has 2 bridgehead atoms. The number of methoxy groups -OCH3 is 1. The Morgan fingerprint density at radius 3 is 2.72 bits per heavy atom. The molecule has 6 heteroatoms. The number of carbonyl (C=O) groups excluding carboxylic acids is 1. The topological polar surface area (TPSA) is 53.6 Å². The Morgan fingerprint density at radius 1 is 1.40 bits per heavy atom. The fourth-order valence-electron chi connectivity index (χ4n) is 4.59. The highest BCUT2D eigenvalue weighted by Gasteiger charge is 2.37. The normalized spacial score (nSPS) is 29.0. The summed E-state index contributed by atoms with van der Waals surface area (Å²) in [7, 11) is 1.62. The average molecular weight is 364 g/mol. The number of carbonyl (C=O) groups is 1. The number of fused-ring (bicyclic) bond motifs is 4. The molecule has 5 nitrogen and oxygen atoms in total. The van der Waals surface area contributed by atoms with Crippen molar-refractivity contribution in [2.45, 2.75) is 44.7 Å². The quantitative estimate of drug-likeness (QED) is 0.867. The van der Waals surface area contributed by atoms with Gasteiger partial charge < -0.3 is 20.3 Å². The first kappa shape index (κ1) is 17.0. The molecule has 1 aromatic rings. The van der Waals surface area contributed by atoms with E-state index in [-0.39, 0.29) is 17.5 Å². The van der Waals surface area contributed by atoms with Gasteiger partial charge in [0.1, 0.15) is 5.75 Å². The lowest BCUT2D eigenvalue weighted by atomic mass is 9.84. The second kappa shape index (κ2) is 6.06. The largest absolute Gasteiger partial charge is 0.496 e. The molecule has 4 aliphatic heterocycles. The van der Waals surface area contributed by atoms with Crippen molar-refractivity contribution in [2.24, 2.45) is 5.92 Å². The van der Waals surface area contributed by atoms with Crippen LogP contribution < -0.4 is 15.4 Å². The molecule has 3 saturated heterocycles. The van der Waals surface area contributed by atoms with Crippen LogP contribution in [-0.2, 0) is 6.42 Å². The Labute approximate surface area is 154 Å². The van der Waals surface area contributed by atoms with Crippen molar-refractivity contribution < 1.29 is 9.53 Å². The molecular formula is C19H26ClN3O2. The highest BCUT2D eigenvalue weighted by atomic mass is 35.5. The standard InChI is InChI=1S/C19H26ClN3O2/c1-19(2)9-13-16(22-19)14(20)8-12(17(13)25-3)18(24)21-15-10-23-6-4-11(15)5-7-23/h8,11,15,22H,4-7,9-10H2,1-3H3,(H,21,24). The smallest absolute Gasteiger partial charge is 0.255 e. The van der Waals surface area contributed by atoms with Crippen molar-refractivity contribution in [3.8, 4) is 5.75 Å². The van der Waals surface area contributed by atoms with Crippen LogP contribution in [0.25, 0.3) is 0 Å².